The summed E-state index contributed by atoms with van der Waals surface area (Å²) in [4.78, 5) is 35.1. The first kappa shape index (κ1) is 23.6. The molecule has 7 heteroatoms. The number of aliphatic imine (C=N–C) groups is 1. The van der Waals surface area contributed by atoms with Crippen LogP contribution in [0.2, 0.25) is 0 Å². The summed E-state index contributed by atoms with van der Waals surface area (Å²) in [6, 6.07) is 7.82. The number of hydrogen-bond donors (Lipinski definition) is 0. The summed E-state index contributed by atoms with van der Waals surface area (Å²) in [6.45, 7) is 11.5. The molecular weight excluding hydrogens is 434 g/mol. The summed E-state index contributed by atoms with van der Waals surface area (Å²) in [7, 11) is 0. The zero-order valence-corrected chi connectivity index (χ0v) is 20.9. The molecule has 3 heterocycles. The summed E-state index contributed by atoms with van der Waals surface area (Å²) < 4.78 is 5.61. The number of likely N-dealkylation sites (tertiary alicyclic amines) is 1. The number of thioether (sulfide) groups is 1. The smallest absolute Gasteiger partial charge is 0.338 e. The van der Waals surface area contributed by atoms with Gasteiger partial charge in [-0.15, -0.1) is 0 Å². The molecule has 0 radical (unpaired) electrons. The molecule has 0 unspecified atom stereocenters. The van der Waals surface area contributed by atoms with Gasteiger partial charge in [-0.1, -0.05) is 48.5 Å². The largest absolute Gasteiger partial charge is 0.459 e. The second kappa shape index (κ2) is 9.75. The van der Waals surface area contributed by atoms with Gasteiger partial charge in [-0.25, -0.2) is 9.79 Å². The van der Waals surface area contributed by atoms with Crippen molar-refractivity contribution >= 4 is 28.8 Å². The molecule has 0 aliphatic carbocycles. The fourth-order valence-electron chi connectivity index (χ4n) is 4.50. The maximum absolute atomic E-state index is 13.2. The highest BCUT2D eigenvalue weighted by atomic mass is 32.2. The van der Waals surface area contributed by atoms with Gasteiger partial charge in [-0.2, -0.15) is 0 Å². The molecule has 0 N–H and O–H groups in total. The molecule has 0 saturated carbocycles. The predicted molar refractivity (Wildman–Crippen MR) is 132 cm³/mol. The van der Waals surface area contributed by atoms with Crippen molar-refractivity contribution in [3.05, 3.63) is 57.8 Å². The van der Waals surface area contributed by atoms with E-state index in [0.29, 0.717) is 23.6 Å². The van der Waals surface area contributed by atoms with Gasteiger partial charge in [0.2, 0.25) is 5.91 Å². The van der Waals surface area contributed by atoms with E-state index in [2.05, 4.69) is 11.8 Å². The Balaban J connectivity index is 1.66. The Bertz CT molecular complexity index is 1020. The summed E-state index contributed by atoms with van der Waals surface area (Å²) in [5, 5.41) is 2.81. The van der Waals surface area contributed by atoms with Crippen LogP contribution in [0.4, 0.5) is 0 Å². The maximum atomic E-state index is 13.2. The number of aryl methyl sites for hydroxylation is 1. The van der Waals surface area contributed by atoms with Crippen LogP contribution in [-0.4, -0.2) is 46.0 Å². The van der Waals surface area contributed by atoms with Crippen molar-refractivity contribution in [2.24, 2.45) is 10.9 Å². The minimum absolute atomic E-state index is 0.134. The standard InChI is InChI=1S/C26H33N3O3S/c1-16(2)32-25(31)23-19(5)27-26-29(24(23)20-8-6-17(3)7-9-20)21(15-33-26)14-22(30)28-12-10-18(4)11-13-28/h6-9,15-16,18,24H,10-14H2,1-5H3/t24-/m1/s1. The molecule has 0 bridgehead atoms. The van der Waals surface area contributed by atoms with E-state index in [0.717, 1.165) is 47.9 Å². The zero-order valence-electron chi connectivity index (χ0n) is 20.1. The van der Waals surface area contributed by atoms with Crippen molar-refractivity contribution in [2.75, 3.05) is 13.1 Å². The minimum Gasteiger partial charge on any atom is -0.459 e. The van der Waals surface area contributed by atoms with Gasteiger partial charge in [-0.05, 0) is 57.4 Å². The minimum atomic E-state index is -0.375. The van der Waals surface area contributed by atoms with E-state index in [1.54, 1.807) is 0 Å². The third kappa shape index (κ3) is 5.03. The molecule has 1 fully saturated rings. The molecule has 176 valence electrons. The van der Waals surface area contributed by atoms with E-state index in [9.17, 15) is 9.59 Å². The summed E-state index contributed by atoms with van der Waals surface area (Å²) >= 11 is 1.51. The van der Waals surface area contributed by atoms with Crippen molar-refractivity contribution in [1.29, 1.82) is 0 Å². The summed E-state index contributed by atoms with van der Waals surface area (Å²) in [5.74, 6) is 0.448. The Labute approximate surface area is 200 Å². The van der Waals surface area contributed by atoms with Crippen molar-refractivity contribution in [3.63, 3.8) is 0 Å². The van der Waals surface area contributed by atoms with E-state index in [1.807, 2.05) is 62.3 Å². The summed E-state index contributed by atoms with van der Waals surface area (Å²) in [6.07, 6.45) is 2.17. The van der Waals surface area contributed by atoms with Gasteiger partial charge in [0, 0.05) is 18.8 Å². The fourth-order valence-corrected chi connectivity index (χ4v) is 5.46. The quantitative estimate of drug-likeness (QED) is 0.559. The monoisotopic (exact) mass is 467 g/mol. The molecule has 3 aliphatic rings. The van der Waals surface area contributed by atoms with Crippen LogP contribution in [0, 0.1) is 12.8 Å². The van der Waals surface area contributed by atoms with Crippen LogP contribution in [-0.2, 0) is 14.3 Å². The van der Waals surface area contributed by atoms with Gasteiger partial charge in [0.15, 0.2) is 5.17 Å². The highest BCUT2D eigenvalue weighted by molar-refractivity contribution is 8.16. The molecular formula is C26H33N3O3S. The maximum Gasteiger partial charge on any atom is 0.338 e. The first-order chi connectivity index (χ1) is 15.7. The van der Waals surface area contributed by atoms with Gasteiger partial charge in [0.1, 0.15) is 0 Å². The topological polar surface area (TPSA) is 62.2 Å². The van der Waals surface area contributed by atoms with Crippen molar-refractivity contribution in [3.8, 4) is 0 Å². The molecule has 1 saturated heterocycles. The first-order valence-corrected chi connectivity index (χ1v) is 12.6. The molecule has 6 nitrogen and oxygen atoms in total. The highest BCUT2D eigenvalue weighted by Crippen LogP contribution is 2.45. The second-order valence-electron chi connectivity index (χ2n) is 9.50. The van der Waals surface area contributed by atoms with Gasteiger partial charge >= 0.3 is 5.97 Å². The lowest BCUT2D eigenvalue weighted by molar-refractivity contribution is -0.143. The number of fused-ring (bicyclic) bond motifs is 1. The van der Waals surface area contributed by atoms with Crippen LogP contribution in [0.25, 0.3) is 0 Å². The average Bonchev–Trinajstić information content (AvgIpc) is 3.15. The van der Waals surface area contributed by atoms with Crippen LogP contribution in [0.5, 0.6) is 0 Å². The number of hydrogen-bond acceptors (Lipinski definition) is 6. The van der Waals surface area contributed by atoms with E-state index < -0.39 is 0 Å². The van der Waals surface area contributed by atoms with Gasteiger partial charge in [-0.3, -0.25) is 4.79 Å². The van der Waals surface area contributed by atoms with Crippen LogP contribution >= 0.6 is 11.8 Å². The van der Waals surface area contributed by atoms with E-state index in [-0.39, 0.29) is 24.0 Å². The summed E-state index contributed by atoms with van der Waals surface area (Å²) in [5.41, 5.74) is 4.21. The number of carbonyl (C=O) groups is 2. The van der Waals surface area contributed by atoms with Gasteiger partial charge in [0.05, 0.1) is 29.8 Å². The lowest BCUT2D eigenvalue weighted by atomic mass is 9.93. The lowest BCUT2D eigenvalue weighted by Gasteiger charge is -2.37. The number of allylic oxidation sites excluding steroid dienone is 1. The second-order valence-corrected chi connectivity index (χ2v) is 10.3. The van der Waals surface area contributed by atoms with Crippen LogP contribution in [0.3, 0.4) is 0 Å². The molecule has 3 aliphatic heterocycles. The molecule has 0 aromatic heterocycles. The number of ether oxygens (including phenoxy) is 1. The van der Waals surface area contributed by atoms with Crippen LogP contribution < -0.4 is 0 Å². The predicted octanol–water partition coefficient (Wildman–Crippen LogP) is 5.17. The lowest BCUT2D eigenvalue weighted by Crippen LogP contribution is -2.41. The van der Waals surface area contributed by atoms with Gasteiger partial charge in [0.25, 0.3) is 0 Å². The Morgan fingerprint density at radius 2 is 1.82 bits per heavy atom. The van der Waals surface area contributed by atoms with Crippen molar-refractivity contribution in [1.82, 2.24) is 9.80 Å². The van der Waals surface area contributed by atoms with E-state index in [4.69, 9.17) is 9.73 Å². The Morgan fingerprint density at radius 1 is 1.15 bits per heavy atom. The number of rotatable bonds is 5. The zero-order chi connectivity index (χ0) is 23.7. The normalized spacial score (nSPS) is 21.2. The number of carbonyl (C=O) groups excluding carboxylic acids is 2. The Kier molecular flexibility index (Phi) is 6.98. The average molecular weight is 468 g/mol. The van der Waals surface area contributed by atoms with Crippen molar-refractivity contribution < 1.29 is 14.3 Å². The third-order valence-corrected chi connectivity index (χ3v) is 7.31. The number of amides is 1. The molecule has 1 aromatic rings. The Morgan fingerprint density at radius 3 is 2.45 bits per heavy atom. The SMILES string of the molecule is CC1=C(C(=O)OC(C)C)[C@@H](c2ccc(C)cc2)N2C(CC(=O)N3CCC(C)CC3)=CSC2=N1. The first-order valence-electron chi connectivity index (χ1n) is 11.7. The number of esters is 1. The molecule has 1 amide bonds. The molecule has 33 heavy (non-hydrogen) atoms. The fraction of sp³-hybridized carbons (Fsp3) is 0.500. The molecule has 4 rings (SSSR count). The van der Waals surface area contributed by atoms with Crippen LogP contribution in [0.15, 0.2) is 51.6 Å². The van der Waals surface area contributed by atoms with Crippen molar-refractivity contribution in [2.45, 2.75) is 66.0 Å². The number of amidine groups is 1. The van der Waals surface area contributed by atoms with E-state index in [1.165, 1.54) is 11.8 Å². The number of nitrogens with zero attached hydrogens (tertiary/aromatic N) is 3. The molecule has 1 atom stereocenters. The van der Waals surface area contributed by atoms with E-state index >= 15 is 0 Å². The Hall–Kier alpha value is -2.54. The van der Waals surface area contributed by atoms with Gasteiger partial charge < -0.3 is 14.5 Å². The molecule has 1 aromatic carbocycles. The third-order valence-electron chi connectivity index (χ3n) is 6.43. The highest BCUT2D eigenvalue weighted by Gasteiger charge is 2.41. The van der Waals surface area contributed by atoms with Crippen LogP contribution in [0.1, 0.15) is 64.1 Å². The molecule has 0 spiro atoms. The number of benzene rings is 1. The number of piperidine rings is 1.